The lowest BCUT2D eigenvalue weighted by Gasteiger charge is -2.62. The van der Waals surface area contributed by atoms with E-state index in [-0.39, 0.29) is 35.2 Å². The van der Waals surface area contributed by atoms with E-state index >= 15 is 0 Å². The molecule has 4 saturated carbocycles. The largest absolute Gasteiger partial charge is 0.481 e. The van der Waals surface area contributed by atoms with Crippen molar-refractivity contribution in [1.29, 1.82) is 0 Å². The van der Waals surface area contributed by atoms with Crippen LogP contribution in [0, 0.1) is 46.3 Å². The number of aliphatic carboxylic acids is 1. The molecule has 28 heavy (non-hydrogen) atoms. The summed E-state index contributed by atoms with van der Waals surface area (Å²) < 4.78 is 8.97. The maximum Gasteiger partial charge on any atom is 0.303 e. The van der Waals surface area contributed by atoms with Gasteiger partial charge in [0.1, 0.15) is 0 Å². The van der Waals surface area contributed by atoms with Gasteiger partial charge in [-0.15, -0.1) is 0 Å². The molecule has 10 atom stereocenters. The van der Waals surface area contributed by atoms with Crippen molar-refractivity contribution in [1.82, 2.24) is 0 Å². The van der Waals surface area contributed by atoms with Crippen molar-refractivity contribution in [2.45, 2.75) is 97.2 Å². The molecule has 0 amide bonds. The van der Waals surface area contributed by atoms with Gasteiger partial charge in [-0.05, 0) is 104 Å². The van der Waals surface area contributed by atoms with Crippen LogP contribution in [0.4, 0.5) is 0 Å². The summed E-state index contributed by atoms with van der Waals surface area (Å²) in [4.78, 5) is 11.1. The molecule has 3 N–H and O–H groups in total. The molecule has 0 radical (unpaired) electrons. The molecule has 0 saturated heterocycles. The SMILES string of the molecule is [2H]C1(O)C[C@@H]2C[C@H](O)CCC2(C)C2CCC3(C)[C@@H](C(C)CCC(=O)O)CC[C@H]3[C@H]21. The minimum atomic E-state index is -1.41. The van der Waals surface area contributed by atoms with Gasteiger partial charge >= 0.3 is 5.97 Å². The number of rotatable bonds is 4. The topological polar surface area (TPSA) is 77.8 Å². The second-order valence-corrected chi connectivity index (χ2v) is 11.2. The molecular formula is C24H40O4. The van der Waals surface area contributed by atoms with Crippen LogP contribution >= 0.6 is 0 Å². The zero-order valence-corrected chi connectivity index (χ0v) is 17.9. The Kier molecular flexibility index (Phi) is 5.02. The van der Waals surface area contributed by atoms with E-state index in [1.54, 1.807) is 0 Å². The maximum atomic E-state index is 11.4. The van der Waals surface area contributed by atoms with Crippen LogP contribution in [-0.4, -0.2) is 33.5 Å². The molecule has 4 heteroatoms. The predicted octanol–water partition coefficient (Wildman–Crippen LogP) is 4.48. The van der Waals surface area contributed by atoms with Crippen LogP contribution in [-0.2, 0) is 4.79 Å². The second kappa shape index (κ2) is 7.27. The number of aliphatic hydroxyl groups is 2. The van der Waals surface area contributed by atoms with E-state index in [4.69, 9.17) is 6.48 Å². The Morgan fingerprint density at radius 2 is 1.75 bits per heavy atom. The molecule has 4 fully saturated rings. The Hall–Kier alpha value is -0.610. The van der Waals surface area contributed by atoms with E-state index in [1.807, 2.05) is 0 Å². The van der Waals surface area contributed by atoms with Crippen molar-refractivity contribution in [2.24, 2.45) is 46.3 Å². The number of carbonyl (C=O) groups is 1. The normalized spacial score (nSPS) is 54.8. The molecule has 0 aromatic rings. The summed E-state index contributed by atoms with van der Waals surface area (Å²) in [5.41, 5.74) is 0.233. The summed E-state index contributed by atoms with van der Waals surface area (Å²) in [6.45, 7) is 6.96. The third kappa shape index (κ3) is 3.14. The third-order valence-corrected chi connectivity index (χ3v) is 10.0. The van der Waals surface area contributed by atoms with E-state index in [2.05, 4.69) is 20.8 Å². The Labute approximate surface area is 171 Å². The molecule has 4 aliphatic rings. The molecule has 4 aliphatic carbocycles. The van der Waals surface area contributed by atoms with Crippen LogP contribution in [0.5, 0.6) is 0 Å². The molecular weight excluding hydrogens is 352 g/mol. The van der Waals surface area contributed by atoms with Crippen LogP contribution in [0.1, 0.15) is 86.4 Å². The second-order valence-electron chi connectivity index (χ2n) is 11.2. The van der Waals surface area contributed by atoms with E-state index in [0.717, 1.165) is 51.4 Å². The lowest BCUT2D eigenvalue weighted by Crippen LogP contribution is -2.58. The summed E-state index contributed by atoms with van der Waals surface area (Å²) in [5, 5.41) is 30.7. The summed E-state index contributed by atoms with van der Waals surface area (Å²) in [5.74, 6) is 1.11. The minimum Gasteiger partial charge on any atom is -0.481 e. The van der Waals surface area contributed by atoms with Gasteiger partial charge in [-0.1, -0.05) is 20.8 Å². The first-order valence-corrected chi connectivity index (χ1v) is 11.6. The highest BCUT2D eigenvalue weighted by molar-refractivity contribution is 5.66. The highest BCUT2D eigenvalue weighted by Crippen LogP contribution is 2.68. The number of fused-ring (bicyclic) bond motifs is 5. The van der Waals surface area contributed by atoms with E-state index in [1.165, 1.54) is 0 Å². The molecule has 4 nitrogen and oxygen atoms in total. The number of carboxylic acid groups (broad SMARTS) is 1. The van der Waals surface area contributed by atoms with Crippen LogP contribution in [0.25, 0.3) is 0 Å². The molecule has 0 aromatic carbocycles. The molecule has 0 aliphatic heterocycles. The summed E-state index contributed by atoms with van der Waals surface area (Å²) in [6, 6.07) is 0. The minimum absolute atomic E-state index is 0.00872. The molecule has 0 heterocycles. The van der Waals surface area contributed by atoms with Gasteiger partial charge in [-0.2, -0.15) is 0 Å². The summed E-state index contributed by atoms with van der Waals surface area (Å²) in [7, 11) is 0. The zero-order valence-electron chi connectivity index (χ0n) is 18.9. The van der Waals surface area contributed by atoms with Gasteiger partial charge in [0.25, 0.3) is 0 Å². The van der Waals surface area contributed by atoms with Crippen molar-refractivity contribution < 1.29 is 21.5 Å². The fourth-order valence-corrected chi connectivity index (χ4v) is 8.46. The monoisotopic (exact) mass is 393 g/mol. The van der Waals surface area contributed by atoms with Gasteiger partial charge in [0.15, 0.2) is 0 Å². The van der Waals surface area contributed by atoms with Crippen molar-refractivity contribution in [3.8, 4) is 0 Å². The van der Waals surface area contributed by atoms with E-state index in [0.29, 0.717) is 30.1 Å². The third-order valence-electron chi connectivity index (χ3n) is 10.0. The van der Waals surface area contributed by atoms with Crippen LogP contribution < -0.4 is 0 Å². The highest BCUT2D eigenvalue weighted by Gasteiger charge is 2.62. The molecule has 160 valence electrons. The average molecular weight is 394 g/mol. The Balaban J connectivity index is 1.60. The predicted molar refractivity (Wildman–Crippen MR) is 109 cm³/mol. The fraction of sp³-hybridized carbons (Fsp3) is 0.958. The van der Waals surface area contributed by atoms with Crippen LogP contribution in [0.3, 0.4) is 0 Å². The molecule has 4 rings (SSSR count). The first-order valence-electron chi connectivity index (χ1n) is 12.1. The molecule has 0 spiro atoms. The number of carboxylic acids is 1. The van der Waals surface area contributed by atoms with E-state index in [9.17, 15) is 15.0 Å². The van der Waals surface area contributed by atoms with E-state index < -0.39 is 12.0 Å². The molecule has 5 unspecified atom stereocenters. The fourth-order valence-electron chi connectivity index (χ4n) is 8.46. The van der Waals surface area contributed by atoms with Crippen molar-refractivity contribution >= 4 is 5.97 Å². The number of hydrogen-bond acceptors (Lipinski definition) is 3. The van der Waals surface area contributed by atoms with Crippen molar-refractivity contribution in [2.75, 3.05) is 0 Å². The van der Waals surface area contributed by atoms with Gasteiger partial charge in [0, 0.05) is 6.42 Å². The zero-order chi connectivity index (χ0) is 21.2. The Morgan fingerprint density at radius 1 is 1.07 bits per heavy atom. The van der Waals surface area contributed by atoms with Gasteiger partial charge < -0.3 is 15.3 Å². The maximum absolute atomic E-state index is 11.4. The van der Waals surface area contributed by atoms with Gasteiger partial charge in [0.2, 0.25) is 0 Å². The van der Waals surface area contributed by atoms with Gasteiger partial charge in [-0.3, -0.25) is 4.79 Å². The standard InChI is InChI=1S/C24H40O4/c1-14(4-7-21(27)28)17-5-6-18-22-19(9-11-24(17,18)3)23(2)10-8-16(25)12-15(23)13-20(22)26/h14-20,22,25-26H,4-13H2,1-3H3,(H,27,28)/t14?,15-,16+,17+,18-,19?,20?,22+,23?,24?/m0/s1/i20D. The van der Waals surface area contributed by atoms with Gasteiger partial charge in [0.05, 0.1) is 13.6 Å². The first kappa shape index (κ1) is 19.4. The van der Waals surface area contributed by atoms with Gasteiger partial charge in [-0.25, -0.2) is 0 Å². The Morgan fingerprint density at radius 3 is 2.46 bits per heavy atom. The van der Waals surface area contributed by atoms with Crippen LogP contribution in [0.15, 0.2) is 0 Å². The first-order chi connectivity index (χ1) is 13.5. The highest BCUT2D eigenvalue weighted by atomic mass is 16.4. The van der Waals surface area contributed by atoms with Crippen molar-refractivity contribution in [3.05, 3.63) is 0 Å². The lowest BCUT2D eigenvalue weighted by molar-refractivity contribution is -0.174. The Bertz CT molecular complexity index is 651. The summed E-state index contributed by atoms with van der Waals surface area (Å²) in [6.07, 6.45) is 6.70. The van der Waals surface area contributed by atoms with Crippen LogP contribution in [0.2, 0.25) is 0 Å². The average Bonchev–Trinajstić information content (AvgIpc) is 2.98. The number of hydrogen-bond donors (Lipinski definition) is 3. The van der Waals surface area contributed by atoms with Crippen molar-refractivity contribution in [3.63, 3.8) is 0 Å². The summed E-state index contributed by atoms with van der Waals surface area (Å²) >= 11 is 0. The quantitative estimate of drug-likeness (QED) is 0.658. The lowest BCUT2D eigenvalue weighted by atomic mass is 9.43. The number of aliphatic hydroxyl groups excluding tert-OH is 1. The molecule has 0 aromatic heterocycles. The smallest absolute Gasteiger partial charge is 0.303 e. The molecule has 0 bridgehead atoms.